The molecule has 0 bridgehead atoms. The highest BCUT2D eigenvalue weighted by atomic mass is 35.5. The Morgan fingerprint density at radius 2 is 2.00 bits per heavy atom. The zero-order valence-electron chi connectivity index (χ0n) is 12.1. The molecule has 19 heavy (non-hydrogen) atoms. The molecule has 0 amide bonds. The van der Waals surface area contributed by atoms with Crippen molar-refractivity contribution < 1.29 is 14.6 Å². The van der Waals surface area contributed by atoms with Crippen LogP contribution in [0, 0.1) is 5.41 Å². The summed E-state index contributed by atoms with van der Waals surface area (Å²) in [7, 11) is 1.61. The first-order chi connectivity index (χ1) is 8.88. The van der Waals surface area contributed by atoms with E-state index >= 15 is 0 Å². The molecule has 1 rings (SSSR count). The normalized spacial score (nSPS) is 13.2. The summed E-state index contributed by atoms with van der Waals surface area (Å²) < 4.78 is 10.9. The minimum absolute atomic E-state index is 0.121. The molecule has 4 heteroatoms. The fraction of sp³-hybridized carbons (Fsp3) is 0.600. The Bertz CT molecular complexity index is 399. The number of halogens is 1. The van der Waals surface area contributed by atoms with Gasteiger partial charge in [-0.25, -0.2) is 0 Å². The van der Waals surface area contributed by atoms with E-state index in [-0.39, 0.29) is 11.5 Å². The monoisotopic (exact) mass is 286 g/mol. The van der Waals surface area contributed by atoms with Crippen molar-refractivity contribution in [2.45, 2.75) is 39.2 Å². The summed E-state index contributed by atoms with van der Waals surface area (Å²) in [6.45, 7) is 6.50. The lowest BCUT2D eigenvalue weighted by atomic mass is 9.87. The molecule has 0 aliphatic heterocycles. The fourth-order valence-corrected chi connectivity index (χ4v) is 1.87. The van der Waals surface area contributed by atoms with E-state index < -0.39 is 0 Å². The second-order valence-corrected chi connectivity index (χ2v) is 5.89. The van der Waals surface area contributed by atoms with E-state index in [4.69, 9.17) is 21.1 Å². The van der Waals surface area contributed by atoms with Crippen LogP contribution in [0.25, 0.3) is 0 Å². The number of aliphatic hydroxyl groups excluding tert-OH is 1. The van der Waals surface area contributed by atoms with E-state index in [1.54, 1.807) is 7.11 Å². The first-order valence-electron chi connectivity index (χ1n) is 6.42. The average Bonchev–Trinajstić information content (AvgIpc) is 2.37. The molecule has 1 atom stereocenters. The maximum Gasteiger partial charge on any atom is 0.126 e. The summed E-state index contributed by atoms with van der Waals surface area (Å²) in [5.41, 5.74) is 0.815. The quantitative estimate of drug-likeness (QED) is 0.812. The van der Waals surface area contributed by atoms with Gasteiger partial charge in [0.2, 0.25) is 0 Å². The second-order valence-electron chi connectivity index (χ2n) is 5.63. The number of methoxy groups -OCH3 is 1. The van der Waals surface area contributed by atoms with Gasteiger partial charge in [-0.2, -0.15) is 0 Å². The Hall–Kier alpha value is -0.930. The van der Waals surface area contributed by atoms with E-state index in [2.05, 4.69) is 0 Å². The second kappa shape index (κ2) is 7.01. The van der Waals surface area contributed by atoms with Gasteiger partial charge in [-0.15, -0.1) is 11.6 Å². The summed E-state index contributed by atoms with van der Waals surface area (Å²) >= 11 is 5.81. The molecule has 0 saturated carbocycles. The van der Waals surface area contributed by atoms with E-state index in [0.717, 1.165) is 17.1 Å². The van der Waals surface area contributed by atoms with Gasteiger partial charge in [0.05, 0.1) is 25.7 Å². The molecule has 3 nitrogen and oxygen atoms in total. The number of hydrogen-bond acceptors (Lipinski definition) is 3. The van der Waals surface area contributed by atoms with Crippen LogP contribution in [0.3, 0.4) is 0 Å². The van der Waals surface area contributed by atoms with E-state index in [1.807, 2.05) is 39.0 Å². The number of benzene rings is 1. The zero-order valence-corrected chi connectivity index (χ0v) is 12.8. The number of ether oxygens (including phenoxy) is 2. The van der Waals surface area contributed by atoms with Crippen molar-refractivity contribution in [1.82, 2.24) is 0 Å². The molecule has 1 aromatic carbocycles. The van der Waals surface area contributed by atoms with Crippen LogP contribution in [0.15, 0.2) is 18.2 Å². The van der Waals surface area contributed by atoms with Crippen molar-refractivity contribution in [1.29, 1.82) is 0 Å². The Morgan fingerprint density at radius 3 is 2.53 bits per heavy atom. The SMILES string of the molecule is COc1cc(OCCC(O)C(C)(C)C)ccc1CCl. The summed E-state index contributed by atoms with van der Waals surface area (Å²) in [6, 6.07) is 5.58. The van der Waals surface area contributed by atoms with Gasteiger partial charge in [0, 0.05) is 18.1 Å². The van der Waals surface area contributed by atoms with Crippen molar-refractivity contribution in [2.24, 2.45) is 5.41 Å². The molecule has 1 unspecified atom stereocenters. The number of aliphatic hydroxyl groups is 1. The highest BCUT2D eigenvalue weighted by Gasteiger charge is 2.21. The third kappa shape index (κ3) is 4.92. The van der Waals surface area contributed by atoms with Gasteiger partial charge >= 0.3 is 0 Å². The van der Waals surface area contributed by atoms with Gasteiger partial charge in [0.25, 0.3) is 0 Å². The molecule has 1 N–H and O–H groups in total. The van der Waals surface area contributed by atoms with E-state index in [9.17, 15) is 5.11 Å². The third-order valence-corrected chi connectivity index (χ3v) is 3.35. The molecule has 0 aromatic heterocycles. The van der Waals surface area contributed by atoms with Crippen LogP contribution in [0.2, 0.25) is 0 Å². The summed E-state index contributed by atoms with van der Waals surface area (Å²) in [4.78, 5) is 0. The highest BCUT2D eigenvalue weighted by molar-refractivity contribution is 6.17. The van der Waals surface area contributed by atoms with Crippen LogP contribution >= 0.6 is 11.6 Å². The van der Waals surface area contributed by atoms with Crippen molar-refractivity contribution in [3.63, 3.8) is 0 Å². The largest absolute Gasteiger partial charge is 0.496 e. The molecule has 0 spiro atoms. The Morgan fingerprint density at radius 1 is 1.32 bits per heavy atom. The smallest absolute Gasteiger partial charge is 0.126 e. The predicted molar refractivity (Wildman–Crippen MR) is 78.1 cm³/mol. The summed E-state index contributed by atoms with van der Waals surface area (Å²) in [5, 5.41) is 9.92. The van der Waals surface area contributed by atoms with Gasteiger partial charge in [-0.1, -0.05) is 26.8 Å². The molecule has 0 aliphatic rings. The van der Waals surface area contributed by atoms with Gasteiger partial charge in [0.15, 0.2) is 0 Å². The minimum atomic E-state index is -0.378. The van der Waals surface area contributed by atoms with Crippen LogP contribution < -0.4 is 9.47 Å². The van der Waals surface area contributed by atoms with Crippen molar-refractivity contribution in [3.05, 3.63) is 23.8 Å². The van der Waals surface area contributed by atoms with Crippen LogP contribution in [0.4, 0.5) is 0 Å². The Kier molecular flexibility index (Phi) is 5.95. The molecule has 0 fully saturated rings. The maximum absolute atomic E-state index is 9.92. The van der Waals surface area contributed by atoms with Crippen LogP contribution in [-0.2, 0) is 5.88 Å². The molecule has 0 heterocycles. The number of alkyl halides is 1. The van der Waals surface area contributed by atoms with Crippen LogP contribution in [0.1, 0.15) is 32.8 Å². The maximum atomic E-state index is 9.92. The first-order valence-corrected chi connectivity index (χ1v) is 6.95. The minimum Gasteiger partial charge on any atom is -0.496 e. The molecule has 0 aliphatic carbocycles. The third-order valence-electron chi connectivity index (χ3n) is 3.06. The Labute approximate surface area is 120 Å². The molecule has 0 radical (unpaired) electrons. The first kappa shape index (κ1) is 16.1. The van der Waals surface area contributed by atoms with E-state index in [1.165, 1.54) is 0 Å². The van der Waals surface area contributed by atoms with E-state index in [0.29, 0.717) is 18.9 Å². The molecule has 1 aromatic rings. The van der Waals surface area contributed by atoms with Gasteiger partial charge < -0.3 is 14.6 Å². The summed E-state index contributed by atoms with van der Waals surface area (Å²) in [5.74, 6) is 1.86. The molecular formula is C15H23ClO3. The fourth-order valence-electron chi connectivity index (χ4n) is 1.65. The highest BCUT2D eigenvalue weighted by Crippen LogP contribution is 2.27. The topological polar surface area (TPSA) is 38.7 Å². The van der Waals surface area contributed by atoms with Crippen LogP contribution in [0.5, 0.6) is 11.5 Å². The number of rotatable bonds is 6. The lowest BCUT2D eigenvalue weighted by molar-refractivity contribution is 0.0436. The molecule has 0 saturated heterocycles. The van der Waals surface area contributed by atoms with Crippen molar-refractivity contribution in [2.75, 3.05) is 13.7 Å². The van der Waals surface area contributed by atoms with Gasteiger partial charge in [0.1, 0.15) is 11.5 Å². The molecule has 108 valence electrons. The van der Waals surface area contributed by atoms with Crippen molar-refractivity contribution >= 4 is 11.6 Å². The van der Waals surface area contributed by atoms with Crippen LogP contribution in [-0.4, -0.2) is 24.9 Å². The lowest BCUT2D eigenvalue weighted by Crippen LogP contribution is -2.27. The standard InChI is InChI=1S/C15H23ClO3/c1-15(2,3)14(17)7-8-19-12-6-5-11(10-16)13(9-12)18-4/h5-6,9,14,17H,7-8,10H2,1-4H3. The van der Waals surface area contributed by atoms with Gasteiger partial charge in [-0.3, -0.25) is 0 Å². The van der Waals surface area contributed by atoms with Gasteiger partial charge in [-0.05, 0) is 11.5 Å². The molecular weight excluding hydrogens is 264 g/mol. The zero-order chi connectivity index (χ0) is 14.5. The number of hydrogen-bond donors (Lipinski definition) is 1. The summed E-state index contributed by atoms with van der Waals surface area (Å²) in [6.07, 6.45) is 0.222. The predicted octanol–water partition coefficient (Wildman–Crippen LogP) is 3.61. The Balaban J connectivity index is 2.54. The average molecular weight is 287 g/mol. The van der Waals surface area contributed by atoms with Crippen molar-refractivity contribution in [3.8, 4) is 11.5 Å². The lowest BCUT2D eigenvalue weighted by Gasteiger charge is -2.25.